The van der Waals surface area contributed by atoms with Crippen molar-refractivity contribution in [3.63, 3.8) is 0 Å². The molecule has 2 rings (SSSR count). The summed E-state index contributed by atoms with van der Waals surface area (Å²) in [5, 5.41) is 0.993. The van der Waals surface area contributed by atoms with Gasteiger partial charge in [0.05, 0.1) is 12.4 Å². The minimum Gasteiger partial charge on any atom is -0.496 e. The molecule has 0 fully saturated rings. The molecule has 5 nitrogen and oxygen atoms in total. The Bertz CT molecular complexity index is 861. The number of rotatable bonds is 7. The normalized spacial score (nSPS) is 12.7. The number of benzene rings is 2. The van der Waals surface area contributed by atoms with E-state index in [2.05, 4.69) is 5.32 Å². The average molecular weight is 375 g/mol. The fourth-order valence-corrected chi connectivity index (χ4v) is 3.79. The quantitative estimate of drug-likeness (QED) is 0.805. The maximum absolute atomic E-state index is 12.4. The van der Waals surface area contributed by atoms with Crippen LogP contribution >= 0.6 is 0 Å². The molecule has 0 aromatic heterocycles. The van der Waals surface area contributed by atoms with Gasteiger partial charge in [-0.15, -0.1) is 0 Å². The number of carbonyl (C=O) groups is 1. The van der Waals surface area contributed by atoms with Crippen LogP contribution in [0.5, 0.6) is 5.75 Å². The van der Waals surface area contributed by atoms with E-state index in [1.54, 1.807) is 33.1 Å². The fourth-order valence-electron chi connectivity index (χ4n) is 2.61. The molecule has 0 heterocycles. The number of nitrogens with one attached hydrogen (secondary N) is 1. The Kier molecular flexibility index (Phi) is 6.42. The predicted octanol–water partition coefficient (Wildman–Crippen LogP) is 3.44. The molecule has 0 saturated carbocycles. The lowest BCUT2D eigenvalue weighted by molar-refractivity contribution is -0.115. The molecule has 1 unspecified atom stereocenters. The first-order valence-corrected chi connectivity index (χ1v) is 10.1. The van der Waals surface area contributed by atoms with Crippen LogP contribution in [-0.2, 0) is 21.1 Å². The number of amides is 1. The summed E-state index contributed by atoms with van der Waals surface area (Å²) in [7, 11) is -1.91. The third kappa shape index (κ3) is 4.64. The lowest BCUT2D eigenvalue weighted by Crippen LogP contribution is -2.36. The highest BCUT2D eigenvalue weighted by atomic mass is 32.2. The Morgan fingerprint density at radius 3 is 2.31 bits per heavy atom. The molecular formula is C20H25NO4S. The molecule has 2 aromatic rings. The van der Waals surface area contributed by atoms with Crippen LogP contribution < -0.4 is 10.1 Å². The molecule has 0 aliphatic rings. The van der Waals surface area contributed by atoms with E-state index in [0.29, 0.717) is 12.1 Å². The van der Waals surface area contributed by atoms with E-state index in [1.165, 1.54) is 6.92 Å². The zero-order valence-electron chi connectivity index (χ0n) is 15.5. The maximum Gasteiger partial charge on any atom is 0.242 e. The van der Waals surface area contributed by atoms with E-state index in [4.69, 9.17) is 4.74 Å². The molecule has 26 heavy (non-hydrogen) atoms. The van der Waals surface area contributed by atoms with Gasteiger partial charge in [0.15, 0.2) is 9.84 Å². The average Bonchev–Trinajstić information content (AvgIpc) is 2.62. The number of sulfone groups is 1. The number of carbonyl (C=O) groups excluding carboxylic acids is 1. The third-order valence-corrected chi connectivity index (χ3v) is 6.82. The van der Waals surface area contributed by atoms with Crippen molar-refractivity contribution in [1.82, 2.24) is 0 Å². The van der Waals surface area contributed by atoms with Crippen LogP contribution in [0.15, 0.2) is 48.5 Å². The summed E-state index contributed by atoms with van der Waals surface area (Å²) in [5.74, 6) is 0.184. The molecular weight excluding hydrogens is 350 g/mol. The Morgan fingerprint density at radius 1 is 1.08 bits per heavy atom. The van der Waals surface area contributed by atoms with Gasteiger partial charge >= 0.3 is 0 Å². The van der Waals surface area contributed by atoms with E-state index >= 15 is 0 Å². The van der Waals surface area contributed by atoms with Gasteiger partial charge < -0.3 is 10.1 Å². The van der Waals surface area contributed by atoms with Gasteiger partial charge in [-0.25, -0.2) is 8.42 Å². The first kappa shape index (κ1) is 20.0. The summed E-state index contributed by atoms with van der Waals surface area (Å²) in [6, 6.07) is 15.2. The van der Waals surface area contributed by atoms with Crippen LogP contribution in [0.1, 0.15) is 31.9 Å². The van der Waals surface area contributed by atoms with Gasteiger partial charge in [0, 0.05) is 17.7 Å². The summed E-state index contributed by atoms with van der Waals surface area (Å²) < 4.78 is 29.8. The van der Waals surface area contributed by atoms with Crippen molar-refractivity contribution in [3.8, 4) is 5.75 Å². The second-order valence-corrected chi connectivity index (χ2v) is 9.29. The van der Waals surface area contributed by atoms with Crippen LogP contribution in [0.4, 0.5) is 5.69 Å². The van der Waals surface area contributed by atoms with Crippen LogP contribution in [0, 0.1) is 0 Å². The van der Waals surface area contributed by atoms with E-state index in [-0.39, 0.29) is 0 Å². The molecule has 0 saturated heterocycles. The van der Waals surface area contributed by atoms with Crippen molar-refractivity contribution >= 4 is 21.4 Å². The summed E-state index contributed by atoms with van der Waals surface area (Å²) in [5.41, 5.74) is 2.58. The molecule has 1 N–H and O–H groups in total. The molecule has 0 aliphatic heterocycles. The molecule has 2 aromatic carbocycles. The molecule has 6 heteroatoms. The summed E-state index contributed by atoms with van der Waals surface area (Å²) in [6.07, 6.45) is 0.646. The number of ether oxygens (including phenoxy) is 1. The van der Waals surface area contributed by atoms with E-state index < -0.39 is 26.2 Å². The Morgan fingerprint density at radius 2 is 1.73 bits per heavy atom. The van der Waals surface area contributed by atoms with Crippen LogP contribution in [0.25, 0.3) is 0 Å². The van der Waals surface area contributed by atoms with Crippen LogP contribution in [0.3, 0.4) is 0 Å². The third-order valence-electron chi connectivity index (χ3n) is 4.30. The van der Waals surface area contributed by atoms with Crippen molar-refractivity contribution < 1.29 is 17.9 Å². The SMILES string of the molecule is COc1ccc(NC(=O)C(C)S(=O)(=O)C(C)C)cc1Cc1ccccc1. The standard InChI is InChI=1S/C20H25NO4S/c1-14(2)26(23,24)15(3)20(22)21-18-10-11-19(25-4)17(13-18)12-16-8-6-5-7-9-16/h5-11,13-15H,12H2,1-4H3,(H,21,22). The van der Waals surface area contributed by atoms with E-state index in [9.17, 15) is 13.2 Å². The Hall–Kier alpha value is -2.34. The first-order valence-electron chi connectivity index (χ1n) is 8.50. The second kappa shape index (κ2) is 8.36. The number of hydrogen-bond acceptors (Lipinski definition) is 4. The lowest BCUT2D eigenvalue weighted by Gasteiger charge is -2.17. The van der Waals surface area contributed by atoms with Gasteiger partial charge in [-0.1, -0.05) is 30.3 Å². The summed E-state index contributed by atoms with van der Waals surface area (Å²) >= 11 is 0. The molecule has 1 atom stereocenters. The van der Waals surface area contributed by atoms with Gasteiger partial charge in [0.1, 0.15) is 11.0 Å². The summed E-state index contributed by atoms with van der Waals surface area (Å²) in [6.45, 7) is 4.56. The monoisotopic (exact) mass is 375 g/mol. The highest BCUT2D eigenvalue weighted by molar-refractivity contribution is 7.93. The first-order chi connectivity index (χ1) is 12.3. The smallest absolute Gasteiger partial charge is 0.242 e. The van der Waals surface area contributed by atoms with Gasteiger partial charge in [0.25, 0.3) is 0 Å². The van der Waals surface area contributed by atoms with Gasteiger partial charge in [-0.2, -0.15) is 0 Å². The molecule has 0 bridgehead atoms. The lowest BCUT2D eigenvalue weighted by atomic mass is 10.0. The Labute approximate surface area is 155 Å². The van der Waals surface area contributed by atoms with Crippen molar-refractivity contribution in [3.05, 3.63) is 59.7 Å². The topological polar surface area (TPSA) is 72.5 Å². The predicted molar refractivity (Wildman–Crippen MR) is 104 cm³/mol. The minimum atomic E-state index is -3.50. The molecule has 140 valence electrons. The molecule has 0 spiro atoms. The Balaban J connectivity index is 2.23. The highest BCUT2D eigenvalue weighted by Crippen LogP contribution is 2.25. The fraction of sp³-hybridized carbons (Fsp3) is 0.350. The van der Waals surface area contributed by atoms with Crippen molar-refractivity contribution in [2.45, 2.75) is 37.7 Å². The van der Waals surface area contributed by atoms with Crippen LogP contribution in [-0.4, -0.2) is 31.9 Å². The summed E-state index contributed by atoms with van der Waals surface area (Å²) in [4.78, 5) is 12.4. The zero-order valence-corrected chi connectivity index (χ0v) is 16.3. The highest BCUT2D eigenvalue weighted by Gasteiger charge is 2.30. The van der Waals surface area contributed by atoms with Gasteiger partial charge in [-0.05, 0) is 44.5 Å². The largest absolute Gasteiger partial charge is 0.496 e. The van der Waals surface area contributed by atoms with Gasteiger partial charge in [-0.3, -0.25) is 4.79 Å². The van der Waals surface area contributed by atoms with Crippen molar-refractivity contribution in [2.75, 3.05) is 12.4 Å². The minimum absolute atomic E-state index is 0.533. The van der Waals surface area contributed by atoms with Gasteiger partial charge in [0.2, 0.25) is 5.91 Å². The molecule has 1 amide bonds. The van der Waals surface area contributed by atoms with Crippen molar-refractivity contribution in [2.24, 2.45) is 0 Å². The van der Waals surface area contributed by atoms with E-state index in [0.717, 1.165) is 16.9 Å². The number of hydrogen-bond donors (Lipinski definition) is 1. The van der Waals surface area contributed by atoms with E-state index in [1.807, 2.05) is 36.4 Å². The number of anilines is 1. The molecule has 0 aliphatic carbocycles. The zero-order chi connectivity index (χ0) is 19.3. The van der Waals surface area contributed by atoms with Crippen LogP contribution in [0.2, 0.25) is 0 Å². The van der Waals surface area contributed by atoms with Crippen molar-refractivity contribution in [1.29, 1.82) is 0 Å². The second-order valence-electron chi connectivity index (χ2n) is 6.46. The number of methoxy groups -OCH3 is 1. The molecule has 0 radical (unpaired) electrons. The maximum atomic E-state index is 12.4.